The topological polar surface area (TPSA) is 91.4 Å². The van der Waals surface area contributed by atoms with E-state index in [1.807, 2.05) is 6.92 Å². The van der Waals surface area contributed by atoms with Gasteiger partial charge >= 0.3 is 12.2 Å². The summed E-state index contributed by atoms with van der Waals surface area (Å²) >= 11 is 5.75. The highest BCUT2D eigenvalue weighted by Crippen LogP contribution is 2.32. The van der Waals surface area contributed by atoms with Crippen molar-refractivity contribution in [3.63, 3.8) is 0 Å². The smallest absolute Gasteiger partial charge is 0.319 e. The number of carbonyl (C=O) groups is 3. The molecule has 0 saturated carbocycles. The number of aromatic nitrogens is 1. The average molecular weight is 441 g/mol. The average Bonchev–Trinajstić information content (AvgIpc) is 2.87. The molecule has 0 bridgehead atoms. The number of aryl methyl sites for hydroxylation is 1. The number of hydrogen-bond donors (Lipinski definition) is 2. The van der Waals surface area contributed by atoms with Gasteiger partial charge in [-0.1, -0.05) is 41.4 Å². The lowest BCUT2D eigenvalue weighted by atomic mass is 9.91. The second kappa shape index (κ2) is 7.60. The van der Waals surface area contributed by atoms with Gasteiger partial charge in [-0.3, -0.25) is 14.5 Å². The van der Waals surface area contributed by atoms with E-state index < -0.39 is 46.7 Å². The number of hydrogen-bond acceptors (Lipinski definition) is 4. The van der Waals surface area contributed by atoms with Gasteiger partial charge in [-0.05, 0) is 25.5 Å². The lowest BCUT2D eigenvalue weighted by molar-refractivity contribution is -0.137. The molecule has 2 aromatic rings. The van der Waals surface area contributed by atoms with Crippen LogP contribution in [0.15, 0.2) is 36.5 Å². The number of rotatable bonds is 4. The van der Waals surface area contributed by atoms with Crippen molar-refractivity contribution in [3.05, 3.63) is 58.2 Å². The van der Waals surface area contributed by atoms with E-state index in [0.29, 0.717) is 22.7 Å². The predicted octanol–water partition coefficient (Wildman–Crippen LogP) is 3.47. The van der Waals surface area contributed by atoms with Gasteiger partial charge < -0.3 is 10.6 Å². The number of carbonyl (C=O) groups excluding carboxylic acids is 3. The number of imide groups is 1. The number of nitrogens with zero attached hydrogens (tertiary/aromatic N) is 2. The first-order chi connectivity index (χ1) is 13.9. The van der Waals surface area contributed by atoms with Crippen LogP contribution in [-0.4, -0.2) is 34.3 Å². The van der Waals surface area contributed by atoms with Crippen LogP contribution >= 0.6 is 11.6 Å². The van der Waals surface area contributed by atoms with Crippen LogP contribution in [0.3, 0.4) is 0 Å². The Morgan fingerprint density at radius 3 is 2.47 bits per heavy atom. The van der Waals surface area contributed by atoms with Gasteiger partial charge in [-0.2, -0.15) is 13.2 Å². The summed E-state index contributed by atoms with van der Waals surface area (Å²) in [5.74, 6) is -1.80. The molecule has 1 fully saturated rings. The van der Waals surface area contributed by atoms with Crippen LogP contribution in [0, 0.1) is 6.92 Å². The maximum absolute atomic E-state index is 12.8. The third kappa shape index (κ3) is 4.09. The van der Waals surface area contributed by atoms with Crippen molar-refractivity contribution in [3.8, 4) is 0 Å². The summed E-state index contributed by atoms with van der Waals surface area (Å²) < 4.78 is 38.0. The molecule has 1 aliphatic rings. The minimum absolute atomic E-state index is 0.317. The van der Waals surface area contributed by atoms with Crippen LogP contribution in [0.25, 0.3) is 0 Å². The second-order valence-electron chi connectivity index (χ2n) is 6.91. The molecule has 0 aliphatic carbocycles. The lowest BCUT2D eigenvalue weighted by Gasteiger charge is -2.22. The number of pyridine rings is 1. The highest BCUT2D eigenvalue weighted by Gasteiger charge is 2.49. The summed E-state index contributed by atoms with van der Waals surface area (Å²) in [5, 5.41) is 4.34. The van der Waals surface area contributed by atoms with E-state index in [9.17, 15) is 27.6 Å². The minimum atomic E-state index is -4.64. The fourth-order valence-corrected chi connectivity index (χ4v) is 3.14. The third-order valence-corrected chi connectivity index (χ3v) is 4.92. The molecule has 1 atom stereocenters. The van der Waals surface area contributed by atoms with Crippen LogP contribution < -0.4 is 10.6 Å². The highest BCUT2D eigenvalue weighted by molar-refractivity contribution is 6.33. The minimum Gasteiger partial charge on any atom is -0.319 e. The fraction of sp³-hybridized carbons (Fsp3) is 0.263. The summed E-state index contributed by atoms with van der Waals surface area (Å²) in [7, 11) is 0. The van der Waals surface area contributed by atoms with Crippen LogP contribution in [-0.2, 0) is 21.3 Å². The molecule has 1 unspecified atom stereocenters. The molecule has 3 rings (SSSR count). The Morgan fingerprint density at radius 2 is 1.90 bits per heavy atom. The SMILES string of the molecule is Cc1ccc(C2(C)NC(=O)N(CC(=O)Nc3ncc(C(F)(F)F)cc3Cl)C2=O)cc1. The molecule has 1 saturated heterocycles. The van der Waals surface area contributed by atoms with E-state index in [1.54, 1.807) is 24.3 Å². The molecule has 30 heavy (non-hydrogen) atoms. The molecule has 1 aromatic carbocycles. The van der Waals surface area contributed by atoms with Crippen LogP contribution in [0.4, 0.5) is 23.8 Å². The van der Waals surface area contributed by atoms with E-state index in [4.69, 9.17) is 11.6 Å². The van der Waals surface area contributed by atoms with E-state index in [1.165, 1.54) is 6.92 Å². The van der Waals surface area contributed by atoms with Crippen molar-refractivity contribution in [2.45, 2.75) is 25.6 Å². The largest absolute Gasteiger partial charge is 0.417 e. The van der Waals surface area contributed by atoms with Crippen molar-refractivity contribution in [1.82, 2.24) is 15.2 Å². The lowest BCUT2D eigenvalue weighted by Crippen LogP contribution is -2.42. The van der Waals surface area contributed by atoms with Gasteiger partial charge in [0.2, 0.25) is 5.91 Å². The Bertz CT molecular complexity index is 1030. The van der Waals surface area contributed by atoms with Gasteiger partial charge in [-0.15, -0.1) is 0 Å². The first-order valence-corrected chi connectivity index (χ1v) is 9.03. The Balaban J connectivity index is 1.73. The Kier molecular flexibility index (Phi) is 5.46. The first-order valence-electron chi connectivity index (χ1n) is 8.65. The number of benzene rings is 1. The van der Waals surface area contributed by atoms with Gasteiger partial charge in [0.15, 0.2) is 5.82 Å². The fourth-order valence-electron chi connectivity index (χ4n) is 2.92. The summed E-state index contributed by atoms with van der Waals surface area (Å²) in [4.78, 5) is 41.6. The molecule has 7 nitrogen and oxygen atoms in total. The molecule has 1 aliphatic heterocycles. The molecule has 158 valence electrons. The molecule has 11 heteroatoms. The van der Waals surface area contributed by atoms with Crippen LogP contribution in [0.5, 0.6) is 0 Å². The summed E-state index contributed by atoms with van der Waals surface area (Å²) in [6.45, 7) is 2.73. The second-order valence-corrected chi connectivity index (χ2v) is 7.32. The van der Waals surface area contributed by atoms with Crippen LogP contribution in [0.2, 0.25) is 5.02 Å². The summed E-state index contributed by atoms with van der Waals surface area (Å²) in [6, 6.07) is 6.81. The summed E-state index contributed by atoms with van der Waals surface area (Å²) in [5.41, 5.74) is -0.915. The number of halogens is 4. The monoisotopic (exact) mass is 440 g/mol. The number of anilines is 1. The number of amides is 4. The molecule has 1 aromatic heterocycles. The summed E-state index contributed by atoms with van der Waals surface area (Å²) in [6.07, 6.45) is -4.12. The standard InChI is InChI=1S/C19H16ClF3N4O3/c1-10-3-5-11(6-4-10)18(2)16(29)27(17(30)26-18)9-14(28)25-15-13(20)7-12(8-24-15)19(21,22)23/h3-8H,9H2,1-2H3,(H,26,30)(H,24,25,28). The highest BCUT2D eigenvalue weighted by atomic mass is 35.5. The van der Waals surface area contributed by atoms with Crippen molar-refractivity contribution < 1.29 is 27.6 Å². The maximum atomic E-state index is 12.8. The molecule has 2 heterocycles. The molecule has 0 radical (unpaired) electrons. The van der Waals surface area contributed by atoms with Gasteiger partial charge in [0.1, 0.15) is 12.1 Å². The zero-order valence-corrected chi connectivity index (χ0v) is 16.6. The molecular weight excluding hydrogens is 425 g/mol. The van der Waals surface area contributed by atoms with E-state index in [0.717, 1.165) is 5.56 Å². The Hall–Kier alpha value is -3.14. The quantitative estimate of drug-likeness (QED) is 0.712. The maximum Gasteiger partial charge on any atom is 0.417 e. The number of nitrogens with one attached hydrogen (secondary N) is 2. The Morgan fingerprint density at radius 1 is 1.27 bits per heavy atom. The predicted molar refractivity (Wildman–Crippen MR) is 102 cm³/mol. The zero-order chi connectivity index (χ0) is 22.3. The van der Waals surface area contributed by atoms with Crippen LogP contribution in [0.1, 0.15) is 23.6 Å². The van der Waals surface area contributed by atoms with Crippen molar-refractivity contribution in [2.75, 3.05) is 11.9 Å². The van der Waals surface area contributed by atoms with Crippen molar-refractivity contribution in [2.24, 2.45) is 0 Å². The van der Waals surface area contributed by atoms with Gasteiger partial charge in [-0.25, -0.2) is 9.78 Å². The molecular formula is C19H16ClF3N4O3. The van der Waals surface area contributed by atoms with Crippen molar-refractivity contribution >= 4 is 35.3 Å². The molecule has 4 amide bonds. The first kappa shape index (κ1) is 21.6. The number of alkyl halides is 3. The number of urea groups is 1. The Labute approximate surface area is 174 Å². The van der Waals surface area contributed by atoms with Gasteiger partial charge in [0, 0.05) is 6.20 Å². The third-order valence-electron chi connectivity index (χ3n) is 4.63. The van der Waals surface area contributed by atoms with E-state index >= 15 is 0 Å². The van der Waals surface area contributed by atoms with Crippen molar-refractivity contribution in [1.29, 1.82) is 0 Å². The zero-order valence-electron chi connectivity index (χ0n) is 15.8. The van der Waals surface area contributed by atoms with E-state index in [2.05, 4.69) is 15.6 Å². The molecule has 2 N–H and O–H groups in total. The van der Waals surface area contributed by atoms with E-state index in [-0.39, 0.29) is 5.82 Å². The van der Waals surface area contributed by atoms with Gasteiger partial charge in [0.05, 0.1) is 10.6 Å². The normalized spacial score (nSPS) is 19.1. The van der Waals surface area contributed by atoms with Gasteiger partial charge in [0.25, 0.3) is 5.91 Å². The molecule has 0 spiro atoms.